The van der Waals surface area contributed by atoms with Crippen LogP contribution in [-0.2, 0) is 12.5 Å². The van der Waals surface area contributed by atoms with Gasteiger partial charge in [0.25, 0.3) is 0 Å². The summed E-state index contributed by atoms with van der Waals surface area (Å²) in [6.45, 7) is 0. The van der Waals surface area contributed by atoms with Crippen LogP contribution in [0.3, 0.4) is 0 Å². The van der Waals surface area contributed by atoms with Crippen molar-refractivity contribution in [3.63, 3.8) is 0 Å². The minimum atomic E-state index is 0.00336. The summed E-state index contributed by atoms with van der Waals surface area (Å²) in [7, 11) is 2.07. The first-order valence-corrected chi connectivity index (χ1v) is 6.19. The predicted molar refractivity (Wildman–Crippen MR) is 70.4 cm³/mol. The largest absolute Gasteiger partial charge is 0.350 e. The third kappa shape index (κ3) is 1.18. The molecule has 0 N–H and O–H groups in total. The molecular weight excluding hydrogens is 262 g/mol. The van der Waals surface area contributed by atoms with E-state index in [2.05, 4.69) is 57.9 Å². The van der Waals surface area contributed by atoms with Crippen LogP contribution in [-0.4, -0.2) is 4.57 Å². The molecule has 0 radical (unpaired) electrons. The molecule has 2 heteroatoms. The van der Waals surface area contributed by atoms with Gasteiger partial charge in [-0.3, -0.25) is 0 Å². The second-order valence-electron chi connectivity index (χ2n) is 4.51. The Hall–Kier alpha value is -1.20. The Balaban J connectivity index is 2.39. The van der Waals surface area contributed by atoms with Crippen molar-refractivity contribution in [1.82, 2.24) is 4.57 Å². The zero-order valence-corrected chi connectivity index (χ0v) is 10.7. The van der Waals surface area contributed by atoms with Gasteiger partial charge in [0.1, 0.15) is 0 Å². The fourth-order valence-electron chi connectivity index (χ4n) is 2.38. The van der Waals surface area contributed by atoms with Gasteiger partial charge in [0.05, 0.1) is 5.41 Å². The van der Waals surface area contributed by atoms with Gasteiger partial charge < -0.3 is 4.57 Å². The van der Waals surface area contributed by atoms with Gasteiger partial charge in [-0.1, -0.05) is 27.9 Å². The summed E-state index contributed by atoms with van der Waals surface area (Å²) < 4.78 is 3.30. The maximum atomic E-state index is 5.68. The maximum Gasteiger partial charge on any atom is 0.0583 e. The molecule has 80 valence electrons. The third-order valence-electron chi connectivity index (χ3n) is 3.51. The van der Waals surface area contributed by atoms with Crippen LogP contribution in [0, 0.1) is 12.3 Å². The fourth-order valence-corrected chi connectivity index (χ4v) is 2.95. The first-order valence-electron chi connectivity index (χ1n) is 5.40. The van der Waals surface area contributed by atoms with Crippen LogP contribution in [0.15, 0.2) is 28.9 Å². The lowest BCUT2D eigenvalue weighted by Crippen LogP contribution is -2.01. The molecule has 0 amide bonds. The SMILES string of the molecule is C#CC1(c2cn(C)c3cccc(Br)c23)CC1. The normalized spacial score (nSPS) is 17.3. The van der Waals surface area contributed by atoms with Crippen LogP contribution in [0.25, 0.3) is 10.9 Å². The van der Waals surface area contributed by atoms with Gasteiger partial charge in [0, 0.05) is 28.6 Å². The Morgan fingerprint density at radius 1 is 1.44 bits per heavy atom. The number of rotatable bonds is 1. The van der Waals surface area contributed by atoms with E-state index in [9.17, 15) is 0 Å². The van der Waals surface area contributed by atoms with E-state index in [0.29, 0.717) is 0 Å². The summed E-state index contributed by atoms with van der Waals surface area (Å²) >= 11 is 3.63. The van der Waals surface area contributed by atoms with Gasteiger partial charge in [0.15, 0.2) is 0 Å². The quantitative estimate of drug-likeness (QED) is 0.700. The minimum absolute atomic E-state index is 0.00336. The van der Waals surface area contributed by atoms with Gasteiger partial charge in [-0.25, -0.2) is 0 Å². The number of fused-ring (bicyclic) bond motifs is 1. The van der Waals surface area contributed by atoms with Crippen molar-refractivity contribution in [1.29, 1.82) is 0 Å². The number of hydrogen-bond donors (Lipinski definition) is 0. The number of halogens is 1. The molecule has 1 heterocycles. The predicted octanol–water partition coefficient (Wildman–Crippen LogP) is 3.61. The van der Waals surface area contributed by atoms with E-state index in [1.165, 1.54) is 16.5 Å². The van der Waals surface area contributed by atoms with Crippen molar-refractivity contribution in [3.05, 3.63) is 34.4 Å². The number of nitrogens with zero attached hydrogens (tertiary/aromatic N) is 1. The van der Waals surface area contributed by atoms with Crippen LogP contribution in [0.4, 0.5) is 0 Å². The smallest absolute Gasteiger partial charge is 0.0583 e. The molecule has 1 fully saturated rings. The van der Waals surface area contributed by atoms with Crippen molar-refractivity contribution in [2.45, 2.75) is 18.3 Å². The van der Waals surface area contributed by atoms with Gasteiger partial charge in [0.2, 0.25) is 0 Å². The standard InChI is InChI=1S/C14H12BrN/c1-3-14(7-8-14)10-9-16(2)12-6-4-5-11(15)13(10)12/h1,4-6,9H,7-8H2,2H3. The highest BCUT2D eigenvalue weighted by Crippen LogP contribution is 2.51. The summed E-state index contributed by atoms with van der Waals surface area (Å²) in [4.78, 5) is 0. The van der Waals surface area contributed by atoms with Crippen LogP contribution in [0.5, 0.6) is 0 Å². The Kier molecular flexibility index (Phi) is 1.96. The summed E-state index contributed by atoms with van der Waals surface area (Å²) in [5.74, 6) is 2.97. The minimum Gasteiger partial charge on any atom is -0.350 e. The Labute approximate surface area is 104 Å². The Morgan fingerprint density at radius 2 is 2.19 bits per heavy atom. The lowest BCUT2D eigenvalue weighted by molar-refractivity contribution is 0.901. The zero-order valence-electron chi connectivity index (χ0n) is 9.13. The molecule has 0 bridgehead atoms. The van der Waals surface area contributed by atoms with Gasteiger partial charge in [-0.2, -0.15) is 0 Å². The first kappa shape index (κ1) is 9.99. The molecule has 1 aromatic heterocycles. The molecule has 1 nitrogen and oxygen atoms in total. The van der Waals surface area contributed by atoms with Crippen LogP contribution >= 0.6 is 15.9 Å². The summed E-state index contributed by atoms with van der Waals surface area (Å²) in [6, 6.07) is 6.28. The number of benzene rings is 1. The van der Waals surface area contributed by atoms with Crippen LogP contribution in [0.2, 0.25) is 0 Å². The summed E-state index contributed by atoms with van der Waals surface area (Å²) in [5.41, 5.74) is 2.55. The van der Waals surface area contributed by atoms with E-state index < -0.39 is 0 Å². The molecule has 0 atom stereocenters. The molecule has 1 aliphatic rings. The highest BCUT2D eigenvalue weighted by molar-refractivity contribution is 9.10. The molecule has 3 rings (SSSR count). The van der Waals surface area contributed by atoms with Crippen LogP contribution < -0.4 is 0 Å². The highest BCUT2D eigenvalue weighted by Gasteiger charge is 2.44. The van der Waals surface area contributed by atoms with Crippen molar-refractivity contribution in [2.24, 2.45) is 7.05 Å². The zero-order chi connectivity index (χ0) is 11.3. The lowest BCUT2D eigenvalue weighted by atomic mass is 9.97. The molecule has 1 aliphatic carbocycles. The first-order chi connectivity index (χ1) is 7.68. The van der Waals surface area contributed by atoms with Gasteiger partial charge in [-0.15, -0.1) is 6.42 Å². The van der Waals surface area contributed by atoms with Crippen molar-refractivity contribution in [3.8, 4) is 12.3 Å². The van der Waals surface area contributed by atoms with E-state index in [-0.39, 0.29) is 5.41 Å². The third-order valence-corrected chi connectivity index (χ3v) is 4.17. The van der Waals surface area contributed by atoms with E-state index in [4.69, 9.17) is 6.42 Å². The molecular formula is C14H12BrN. The van der Waals surface area contributed by atoms with E-state index in [1.807, 2.05) is 0 Å². The average molecular weight is 274 g/mol. The summed E-state index contributed by atoms with van der Waals surface area (Å²) in [5, 5.41) is 1.28. The number of hydrogen-bond acceptors (Lipinski definition) is 0. The monoisotopic (exact) mass is 273 g/mol. The van der Waals surface area contributed by atoms with Gasteiger partial charge in [-0.05, 0) is 30.5 Å². The Morgan fingerprint density at radius 3 is 2.81 bits per heavy atom. The van der Waals surface area contributed by atoms with Crippen LogP contribution in [0.1, 0.15) is 18.4 Å². The van der Waals surface area contributed by atoms with E-state index in [1.54, 1.807) is 0 Å². The van der Waals surface area contributed by atoms with E-state index >= 15 is 0 Å². The number of aryl methyl sites for hydroxylation is 1. The molecule has 16 heavy (non-hydrogen) atoms. The van der Waals surface area contributed by atoms with Crippen molar-refractivity contribution < 1.29 is 0 Å². The topological polar surface area (TPSA) is 4.93 Å². The van der Waals surface area contributed by atoms with Gasteiger partial charge >= 0.3 is 0 Å². The molecule has 2 aromatic rings. The maximum absolute atomic E-state index is 5.68. The lowest BCUT2D eigenvalue weighted by Gasteiger charge is -2.06. The molecule has 0 aliphatic heterocycles. The molecule has 0 unspecified atom stereocenters. The second kappa shape index (κ2) is 3.15. The molecule has 1 aromatic carbocycles. The number of aromatic nitrogens is 1. The van der Waals surface area contributed by atoms with Crippen molar-refractivity contribution >= 4 is 26.8 Å². The Bertz CT molecular complexity index is 611. The fraction of sp³-hybridized carbons (Fsp3) is 0.286. The number of terminal acetylenes is 1. The molecule has 1 saturated carbocycles. The van der Waals surface area contributed by atoms with Crippen molar-refractivity contribution in [2.75, 3.05) is 0 Å². The second-order valence-corrected chi connectivity index (χ2v) is 5.37. The van der Waals surface area contributed by atoms with E-state index in [0.717, 1.165) is 17.3 Å². The highest BCUT2D eigenvalue weighted by atomic mass is 79.9. The summed E-state index contributed by atoms with van der Waals surface area (Å²) in [6.07, 6.45) is 10.1. The molecule has 0 saturated heterocycles. The average Bonchev–Trinajstić information content (AvgIpc) is 3.00. The molecule has 0 spiro atoms.